The van der Waals surface area contributed by atoms with E-state index >= 15 is 0 Å². The van der Waals surface area contributed by atoms with E-state index in [1.165, 1.54) is 0 Å². The second kappa shape index (κ2) is 5.83. The van der Waals surface area contributed by atoms with Gasteiger partial charge in [0.25, 0.3) is 0 Å². The Morgan fingerprint density at radius 1 is 1.35 bits per heavy atom. The van der Waals surface area contributed by atoms with Gasteiger partial charge in [-0.05, 0) is 46.6 Å². The predicted octanol–water partition coefficient (Wildman–Crippen LogP) is 1.10. The number of likely N-dealkylation sites (N-methyl/N-ethyl adjacent to an activating group) is 1. The molecule has 0 aromatic carbocycles. The molecule has 1 saturated carbocycles. The highest BCUT2D eigenvalue weighted by Crippen LogP contribution is 2.23. The molecule has 0 aromatic rings. The van der Waals surface area contributed by atoms with Crippen molar-refractivity contribution in [3.63, 3.8) is 0 Å². The van der Waals surface area contributed by atoms with E-state index in [0.717, 1.165) is 32.2 Å². The number of hydrogen-bond donors (Lipinski definition) is 2. The molecule has 0 saturated heterocycles. The summed E-state index contributed by atoms with van der Waals surface area (Å²) in [5.74, 6) is 0.0879. The highest BCUT2D eigenvalue weighted by molar-refractivity contribution is 5.73. The molecule has 0 atom stereocenters. The first kappa shape index (κ1) is 14.5. The van der Waals surface area contributed by atoms with E-state index < -0.39 is 0 Å². The number of nitrogens with one attached hydrogen (secondary N) is 1. The van der Waals surface area contributed by atoms with Crippen molar-refractivity contribution in [2.24, 2.45) is 5.73 Å². The number of hydrogen-bond acceptors (Lipinski definition) is 3. The van der Waals surface area contributed by atoms with Gasteiger partial charge in [-0.25, -0.2) is 0 Å². The second-order valence-electron chi connectivity index (χ2n) is 6.11. The highest BCUT2D eigenvalue weighted by atomic mass is 16.1. The normalized spacial score (nSPS) is 26.0. The number of rotatable bonds is 4. The topological polar surface area (TPSA) is 58.4 Å². The summed E-state index contributed by atoms with van der Waals surface area (Å²) in [5, 5.41) is 3.01. The molecule has 0 bridgehead atoms. The quantitative estimate of drug-likeness (QED) is 0.775. The Bertz CT molecular complexity index is 252. The van der Waals surface area contributed by atoms with Gasteiger partial charge in [-0.15, -0.1) is 0 Å². The Hall–Kier alpha value is -0.610. The molecule has 1 rings (SSSR count). The lowest BCUT2D eigenvalue weighted by atomic mass is 9.89. The molecule has 1 aliphatic carbocycles. The smallest absolute Gasteiger partial charge is 0.217 e. The highest BCUT2D eigenvalue weighted by Gasteiger charge is 2.26. The van der Waals surface area contributed by atoms with E-state index in [0.29, 0.717) is 12.1 Å². The van der Waals surface area contributed by atoms with E-state index in [1.807, 2.05) is 0 Å². The maximum atomic E-state index is 11.0. The third-order valence-electron chi connectivity index (χ3n) is 3.38. The largest absolute Gasteiger partial charge is 0.354 e. The van der Waals surface area contributed by atoms with Crippen molar-refractivity contribution in [2.45, 2.75) is 64.1 Å². The van der Waals surface area contributed by atoms with Crippen molar-refractivity contribution in [1.29, 1.82) is 0 Å². The summed E-state index contributed by atoms with van der Waals surface area (Å²) in [6.45, 7) is 6.64. The first-order valence-electron chi connectivity index (χ1n) is 6.54. The number of carbonyl (C=O) groups excluding carboxylic acids is 1. The molecular weight excluding hydrogens is 214 g/mol. The SMILES string of the molecule is CC(=O)NC1CCC(N(C)CC(C)(C)N)CC1. The van der Waals surface area contributed by atoms with Gasteiger partial charge in [0.1, 0.15) is 0 Å². The van der Waals surface area contributed by atoms with Crippen molar-refractivity contribution in [3.8, 4) is 0 Å². The fourth-order valence-electron chi connectivity index (χ4n) is 2.72. The van der Waals surface area contributed by atoms with Crippen molar-refractivity contribution in [1.82, 2.24) is 10.2 Å². The van der Waals surface area contributed by atoms with Crippen LogP contribution in [0, 0.1) is 0 Å². The molecule has 1 fully saturated rings. The Labute approximate surface area is 105 Å². The standard InChI is InChI=1S/C13H27N3O/c1-10(17)15-11-5-7-12(8-6-11)16(4)9-13(2,3)14/h11-12H,5-9,14H2,1-4H3,(H,15,17). The van der Waals surface area contributed by atoms with Gasteiger partial charge in [-0.2, -0.15) is 0 Å². The zero-order valence-electron chi connectivity index (χ0n) is 11.6. The van der Waals surface area contributed by atoms with Gasteiger partial charge in [0.15, 0.2) is 0 Å². The third-order valence-corrected chi connectivity index (χ3v) is 3.38. The van der Waals surface area contributed by atoms with Crippen LogP contribution in [-0.2, 0) is 4.79 Å². The third kappa shape index (κ3) is 5.50. The molecule has 0 aromatic heterocycles. The van der Waals surface area contributed by atoms with Crippen molar-refractivity contribution >= 4 is 5.91 Å². The minimum Gasteiger partial charge on any atom is -0.354 e. The minimum absolute atomic E-state index is 0.0879. The summed E-state index contributed by atoms with van der Waals surface area (Å²) in [5.41, 5.74) is 5.90. The van der Waals surface area contributed by atoms with Gasteiger partial charge in [0.2, 0.25) is 5.91 Å². The molecule has 4 nitrogen and oxygen atoms in total. The van der Waals surface area contributed by atoms with Crippen molar-refractivity contribution < 1.29 is 4.79 Å². The fraction of sp³-hybridized carbons (Fsp3) is 0.923. The van der Waals surface area contributed by atoms with Gasteiger partial charge >= 0.3 is 0 Å². The second-order valence-corrected chi connectivity index (χ2v) is 6.11. The molecule has 0 radical (unpaired) electrons. The molecule has 0 spiro atoms. The van der Waals surface area contributed by atoms with Gasteiger partial charge in [-0.3, -0.25) is 4.79 Å². The molecule has 3 N–H and O–H groups in total. The molecule has 1 amide bonds. The lowest BCUT2D eigenvalue weighted by Crippen LogP contribution is -2.49. The Balaban J connectivity index is 2.33. The Morgan fingerprint density at radius 2 is 1.88 bits per heavy atom. The summed E-state index contributed by atoms with van der Waals surface area (Å²) in [7, 11) is 2.15. The molecule has 1 aliphatic rings. The van der Waals surface area contributed by atoms with Gasteiger partial charge in [-0.1, -0.05) is 0 Å². The first-order chi connectivity index (χ1) is 7.78. The zero-order chi connectivity index (χ0) is 13.1. The first-order valence-corrected chi connectivity index (χ1v) is 6.54. The maximum Gasteiger partial charge on any atom is 0.217 e. The number of amides is 1. The monoisotopic (exact) mass is 241 g/mol. The summed E-state index contributed by atoms with van der Waals surface area (Å²) < 4.78 is 0. The van der Waals surface area contributed by atoms with Crippen LogP contribution in [0.5, 0.6) is 0 Å². The van der Waals surface area contributed by atoms with Crippen LogP contribution in [0.1, 0.15) is 46.5 Å². The van der Waals surface area contributed by atoms with E-state index in [2.05, 4.69) is 31.1 Å². The summed E-state index contributed by atoms with van der Waals surface area (Å²) >= 11 is 0. The van der Waals surface area contributed by atoms with Crippen LogP contribution in [-0.4, -0.2) is 42.0 Å². The van der Waals surface area contributed by atoms with Crippen LogP contribution in [0.4, 0.5) is 0 Å². The summed E-state index contributed by atoms with van der Waals surface area (Å²) in [6.07, 6.45) is 4.47. The van der Waals surface area contributed by atoms with Gasteiger partial charge < -0.3 is 16.0 Å². The van der Waals surface area contributed by atoms with Crippen molar-refractivity contribution in [3.05, 3.63) is 0 Å². The van der Waals surface area contributed by atoms with Crippen LogP contribution in [0.2, 0.25) is 0 Å². The van der Waals surface area contributed by atoms with Crippen LogP contribution in [0.3, 0.4) is 0 Å². The van der Waals surface area contributed by atoms with Crippen LogP contribution >= 0.6 is 0 Å². The predicted molar refractivity (Wildman–Crippen MR) is 70.8 cm³/mol. The average Bonchev–Trinajstić information content (AvgIpc) is 2.15. The number of nitrogens with two attached hydrogens (primary N) is 1. The van der Waals surface area contributed by atoms with Crippen LogP contribution < -0.4 is 11.1 Å². The summed E-state index contributed by atoms with van der Waals surface area (Å²) in [6, 6.07) is 0.992. The van der Waals surface area contributed by atoms with E-state index in [9.17, 15) is 4.79 Å². The van der Waals surface area contributed by atoms with Crippen LogP contribution in [0.25, 0.3) is 0 Å². The molecule has 0 unspecified atom stereocenters. The molecule has 100 valence electrons. The van der Waals surface area contributed by atoms with E-state index in [4.69, 9.17) is 5.73 Å². The molecule has 0 aliphatic heterocycles. The number of nitrogens with zero attached hydrogens (tertiary/aromatic N) is 1. The van der Waals surface area contributed by atoms with Gasteiger partial charge in [0.05, 0.1) is 0 Å². The Kier molecular flexibility index (Phi) is 4.95. The Morgan fingerprint density at radius 3 is 2.29 bits per heavy atom. The zero-order valence-corrected chi connectivity index (χ0v) is 11.6. The van der Waals surface area contributed by atoms with E-state index in [1.54, 1.807) is 6.92 Å². The molecule has 17 heavy (non-hydrogen) atoms. The lowest BCUT2D eigenvalue weighted by molar-refractivity contribution is -0.119. The summed E-state index contributed by atoms with van der Waals surface area (Å²) in [4.78, 5) is 13.3. The molecule has 4 heteroatoms. The number of carbonyl (C=O) groups is 1. The van der Waals surface area contributed by atoms with E-state index in [-0.39, 0.29) is 11.4 Å². The maximum absolute atomic E-state index is 11.0. The lowest BCUT2D eigenvalue weighted by Gasteiger charge is -2.37. The van der Waals surface area contributed by atoms with Gasteiger partial charge in [0, 0.05) is 31.1 Å². The van der Waals surface area contributed by atoms with Crippen molar-refractivity contribution in [2.75, 3.05) is 13.6 Å². The fourth-order valence-corrected chi connectivity index (χ4v) is 2.72. The minimum atomic E-state index is -0.136. The average molecular weight is 241 g/mol. The molecule has 0 heterocycles. The molecular formula is C13H27N3O. The van der Waals surface area contributed by atoms with Crippen LogP contribution in [0.15, 0.2) is 0 Å².